The number of carboxylic acid groups (broad SMARTS) is 1. The fourth-order valence-corrected chi connectivity index (χ4v) is 4.42. The van der Waals surface area contributed by atoms with E-state index in [0.717, 1.165) is 37.5 Å². The lowest BCUT2D eigenvalue weighted by Crippen LogP contribution is -2.50. The summed E-state index contributed by atoms with van der Waals surface area (Å²) in [6, 6.07) is 3.83. The molecular weight excluding hydrogens is 439 g/mol. The minimum absolute atomic E-state index is 0.154. The number of nitrogens with one attached hydrogen (secondary N) is 1. The van der Waals surface area contributed by atoms with Crippen LogP contribution in [0.15, 0.2) is 34.4 Å². The largest absolute Gasteiger partial charge is 0.490 e. The summed E-state index contributed by atoms with van der Waals surface area (Å²) >= 11 is 1.70. The zero-order valence-corrected chi connectivity index (χ0v) is 17.2. The number of carbonyl (C=O) groups excluding carboxylic acids is 1. The van der Waals surface area contributed by atoms with Gasteiger partial charge in [-0.15, -0.1) is 11.3 Å². The quantitative estimate of drug-likeness (QED) is 0.706. The summed E-state index contributed by atoms with van der Waals surface area (Å²) in [7, 11) is 0. The molecular formula is C19H22F3N3O5S. The van der Waals surface area contributed by atoms with Gasteiger partial charge in [-0.2, -0.15) is 13.2 Å². The van der Waals surface area contributed by atoms with E-state index in [9.17, 15) is 18.0 Å². The number of amides is 1. The van der Waals surface area contributed by atoms with Crippen LogP contribution < -0.4 is 5.32 Å². The minimum Gasteiger partial charge on any atom is -0.475 e. The highest BCUT2D eigenvalue weighted by Crippen LogP contribution is 2.35. The lowest BCUT2D eigenvalue weighted by atomic mass is 10.0. The van der Waals surface area contributed by atoms with E-state index in [-0.39, 0.29) is 12.0 Å². The normalized spacial score (nSPS) is 23.5. The molecule has 1 amide bonds. The zero-order chi connectivity index (χ0) is 22.4. The van der Waals surface area contributed by atoms with Crippen molar-refractivity contribution in [3.05, 3.63) is 40.7 Å². The van der Waals surface area contributed by atoms with Crippen LogP contribution in [0, 0.1) is 5.92 Å². The van der Waals surface area contributed by atoms with E-state index in [0.29, 0.717) is 24.3 Å². The first-order chi connectivity index (χ1) is 14.8. The lowest BCUT2D eigenvalue weighted by Gasteiger charge is -2.38. The van der Waals surface area contributed by atoms with E-state index in [2.05, 4.69) is 15.2 Å². The number of furan rings is 1. The number of rotatable bonds is 5. The number of fused-ring (bicyclic) bond motifs is 1. The molecule has 1 saturated carbocycles. The van der Waals surface area contributed by atoms with E-state index >= 15 is 0 Å². The van der Waals surface area contributed by atoms with Crippen molar-refractivity contribution in [1.29, 1.82) is 0 Å². The van der Waals surface area contributed by atoms with Gasteiger partial charge in [-0.3, -0.25) is 9.69 Å². The molecule has 2 aromatic rings. The first-order valence-corrected chi connectivity index (χ1v) is 10.5. The second-order valence-electron chi connectivity index (χ2n) is 7.13. The number of thiazole rings is 1. The van der Waals surface area contributed by atoms with Crippen molar-refractivity contribution in [1.82, 2.24) is 15.2 Å². The molecule has 0 aromatic carbocycles. The van der Waals surface area contributed by atoms with Gasteiger partial charge in [0.2, 0.25) is 0 Å². The third-order valence-corrected chi connectivity index (χ3v) is 5.93. The van der Waals surface area contributed by atoms with Crippen LogP contribution in [0.2, 0.25) is 0 Å². The molecule has 0 radical (unpaired) electrons. The maximum Gasteiger partial charge on any atom is 0.490 e. The molecule has 3 atom stereocenters. The Morgan fingerprint density at radius 2 is 2.13 bits per heavy atom. The maximum atomic E-state index is 12.0. The molecule has 31 heavy (non-hydrogen) atoms. The van der Waals surface area contributed by atoms with E-state index in [1.54, 1.807) is 23.5 Å². The van der Waals surface area contributed by atoms with Crippen LogP contribution in [0.5, 0.6) is 0 Å². The highest BCUT2D eigenvalue weighted by molar-refractivity contribution is 7.09. The molecule has 2 aromatic heterocycles. The highest BCUT2D eigenvalue weighted by atomic mass is 32.1. The smallest absolute Gasteiger partial charge is 0.475 e. The fourth-order valence-electron chi connectivity index (χ4n) is 3.77. The Balaban J connectivity index is 0.000000339. The van der Waals surface area contributed by atoms with Crippen molar-refractivity contribution in [2.24, 2.45) is 5.92 Å². The van der Waals surface area contributed by atoms with E-state index in [4.69, 9.17) is 19.1 Å². The third-order valence-electron chi connectivity index (χ3n) is 5.17. The van der Waals surface area contributed by atoms with Crippen molar-refractivity contribution in [3.8, 4) is 0 Å². The van der Waals surface area contributed by atoms with Crippen molar-refractivity contribution in [2.75, 3.05) is 19.7 Å². The molecule has 2 aliphatic rings. The number of carbonyl (C=O) groups is 2. The van der Waals surface area contributed by atoms with Gasteiger partial charge in [0.15, 0.2) is 5.76 Å². The number of nitrogens with zero attached hydrogens (tertiary/aromatic N) is 2. The molecule has 3 unspecified atom stereocenters. The van der Waals surface area contributed by atoms with Gasteiger partial charge >= 0.3 is 12.1 Å². The first-order valence-electron chi connectivity index (χ1n) is 9.61. The van der Waals surface area contributed by atoms with Crippen LogP contribution in [0.1, 0.15) is 28.4 Å². The topological polar surface area (TPSA) is 105 Å². The van der Waals surface area contributed by atoms with Crippen LogP contribution in [-0.4, -0.2) is 64.9 Å². The van der Waals surface area contributed by atoms with Crippen LogP contribution >= 0.6 is 11.3 Å². The van der Waals surface area contributed by atoms with Crippen molar-refractivity contribution in [3.63, 3.8) is 0 Å². The summed E-state index contributed by atoms with van der Waals surface area (Å²) in [6.45, 7) is 3.22. The number of hydrogen-bond acceptors (Lipinski definition) is 7. The van der Waals surface area contributed by atoms with Gasteiger partial charge < -0.3 is 19.6 Å². The average Bonchev–Trinajstić information content (AvgIpc) is 3.48. The number of hydrogen-bond donors (Lipinski definition) is 2. The molecule has 170 valence electrons. The molecule has 1 aliphatic carbocycles. The Hall–Kier alpha value is -2.44. The highest BCUT2D eigenvalue weighted by Gasteiger charge is 2.42. The summed E-state index contributed by atoms with van der Waals surface area (Å²) < 4.78 is 42.9. The van der Waals surface area contributed by atoms with Crippen molar-refractivity contribution < 1.29 is 37.0 Å². The van der Waals surface area contributed by atoms with Gasteiger partial charge in [-0.05, 0) is 25.0 Å². The van der Waals surface area contributed by atoms with Gasteiger partial charge in [0.05, 0.1) is 25.5 Å². The van der Waals surface area contributed by atoms with Gasteiger partial charge in [0.1, 0.15) is 5.01 Å². The predicted octanol–water partition coefficient (Wildman–Crippen LogP) is 2.78. The molecule has 4 rings (SSSR count). The van der Waals surface area contributed by atoms with E-state index in [1.165, 1.54) is 6.26 Å². The predicted molar refractivity (Wildman–Crippen MR) is 104 cm³/mol. The standard InChI is InChI=1S/C17H21N3O3S.C2HF3O2/c21-17(14-2-1-7-22-14)19-10-12-3-4-13-16(12)23-8-6-20(13)11-15-18-5-9-24-15;3-2(4,5)1(6)7/h1-2,5,7,9,12-13,16H,3-4,6,8,10-11H2,(H,19,21);(H,6,7). The summed E-state index contributed by atoms with van der Waals surface area (Å²) in [5.41, 5.74) is 0. The number of aromatic nitrogens is 1. The number of alkyl halides is 3. The van der Waals surface area contributed by atoms with Crippen LogP contribution in [0.3, 0.4) is 0 Å². The number of halogens is 3. The Bertz CT molecular complexity index is 845. The molecule has 1 saturated heterocycles. The van der Waals surface area contributed by atoms with Gasteiger partial charge in [0, 0.05) is 36.6 Å². The summed E-state index contributed by atoms with van der Waals surface area (Å²) in [5.74, 6) is -2.20. The Kier molecular flexibility index (Phi) is 7.68. The van der Waals surface area contributed by atoms with Crippen molar-refractivity contribution in [2.45, 2.75) is 37.7 Å². The summed E-state index contributed by atoms with van der Waals surface area (Å²) in [5, 5.41) is 13.3. The molecule has 12 heteroatoms. The molecule has 1 aliphatic heterocycles. The third kappa shape index (κ3) is 6.28. The van der Waals surface area contributed by atoms with Crippen LogP contribution in [0.25, 0.3) is 0 Å². The SMILES string of the molecule is O=C(NCC1CCC2C1OCCN2Cc1nccs1)c1ccco1.O=C(O)C(F)(F)F. The summed E-state index contributed by atoms with van der Waals surface area (Å²) in [4.78, 5) is 27.8. The number of carboxylic acids is 1. The zero-order valence-electron chi connectivity index (χ0n) is 16.4. The Morgan fingerprint density at radius 1 is 1.35 bits per heavy atom. The van der Waals surface area contributed by atoms with Crippen LogP contribution in [0.4, 0.5) is 13.2 Å². The molecule has 2 N–H and O–H groups in total. The average molecular weight is 461 g/mol. The molecule has 2 fully saturated rings. The lowest BCUT2D eigenvalue weighted by molar-refractivity contribution is -0.192. The first kappa shape index (κ1) is 23.2. The Morgan fingerprint density at radius 3 is 2.74 bits per heavy atom. The number of aliphatic carboxylic acids is 1. The molecule has 0 bridgehead atoms. The number of ether oxygens (including phenoxy) is 1. The maximum absolute atomic E-state index is 12.0. The Labute approximate surface area is 180 Å². The van der Waals surface area contributed by atoms with E-state index in [1.807, 2.05) is 11.6 Å². The summed E-state index contributed by atoms with van der Waals surface area (Å²) in [6.07, 6.45) is 0.663. The number of morpholine rings is 1. The second kappa shape index (κ2) is 10.2. The van der Waals surface area contributed by atoms with Crippen LogP contribution in [-0.2, 0) is 16.1 Å². The fraction of sp³-hybridized carbons (Fsp3) is 0.526. The van der Waals surface area contributed by atoms with E-state index < -0.39 is 12.1 Å². The minimum atomic E-state index is -5.08. The van der Waals surface area contributed by atoms with Gasteiger partial charge in [-0.1, -0.05) is 0 Å². The molecule has 8 nitrogen and oxygen atoms in total. The molecule has 0 spiro atoms. The molecule has 3 heterocycles. The van der Waals surface area contributed by atoms with Crippen molar-refractivity contribution >= 4 is 23.2 Å². The monoisotopic (exact) mass is 461 g/mol. The van der Waals surface area contributed by atoms with Gasteiger partial charge in [0.25, 0.3) is 5.91 Å². The van der Waals surface area contributed by atoms with Gasteiger partial charge in [-0.25, -0.2) is 9.78 Å². The second-order valence-corrected chi connectivity index (χ2v) is 8.11.